The molecule has 0 radical (unpaired) electrons. The molecule has 0 unspecified atom stereocenters. The molecule has 0 amide bonds. The number of nitrogens with zero attached hydrogens (tertiary/aromatic N) is 2. The third-order valence-electron chi connectivity index (χ3n) is 4.33. The van der Waals surface area contributed by atoms with Gasteiger partial charge < -0.3 is 14.9 Å². The van der Waals surface area contributed by atoms with E-state index in [2.05, 4.69) is 78.0 Å². The summed E-state index contributed by atoms with van der Waals surface area (Å²) < 4.78 is 0. The van der Waals surface area contributed by atoms with Crippen molar-refractivity contribution in [1.29, 1.82) is 0 Å². The number of hydrogen-bond donors (Lipinski definition) is 1. The second kappa shape index (κ2) is 10.7. The molecule has 1 aliphatic heterocycles. The Morgan fingerprint density at radius 3 is 1.83 bits per heavy atom. The van der Waals surface area contributed by atoms with Crippen molar-refractivity contribution in [3.8, 4) is 0 Å². The number of allylic oxidation sites excluding steroid dienone is 2. The molecule has 0 bridgehead atoms. The van der Waals surface area contributed by atoms with Gasteiger partial charge in [0.2, 0.25) is 0 Å². The summed E-state index contributed by atoms with van der Waals surface area (Å²) in [7, 11) is 0. The van der Waals surface area contributed by atoms with Gasteiger partial charge in [-0.1, -0.05) is 48.2 Å². The summed E-state index contributed by atoms with van der Waals surface area (Å²) in [5.41, 5.74) is 5.62. The van der Waals surface area contributed by atoms with E-state index >= 15 is 0 Å². The molecule has 1 N–H and O–H groups in total. The van der Waals surface area contributed by atoms with E-state index in [1.165, 1.54) is 31.3 Å². The van der Waals surface area contributed by atoms with Crippen LogP contribution in [0.3, 0.4) is 0 Å². The average molecular weight is 580 g/mol. The number of benzene rings is 3. The van der Waals surface area contributed by atoms with Gasteiger partial charge in [0, 0.05) is 23.1 Å². The zero-order valence-electron chi connectivity index (χ0n) is 16.9. The van der Waals surface area contributed by atoms with Crippen LogP contribution in [-0.2, 0) is 25.9 Å². The summed E-state index contributed by atoms with van der Waals surface area (Å²) >= 11 is 0. The number of anilines is 4. The monoisotopic (exact) mass is 579 g/mol. The van der Waals surface area contributed by atoms with Gasteiger partial charge in [0.25, 0.3) is 0 Å². The summed E-state index contributed by atoms with van der Waals surface area (Å²) in [6, 6.07) is 27.0. The Morgan fingerprint density at radius 1 is 0.833 bits per heavy atom. The summed E-state index contributed by atoms with van der Waals surface area (Å²) in [6.07, 6.45) is 1.17. The van der Waals surface area contributed by atoms with Crippen molar-refractivity contribution in [2.24, 2.45) is 0 Å². The van der Waals surface area contributed by atoms with Gasteiger partial charge in [-0.25, -0.2) is 0 Å². The molecule has 5 heteroatoms. The fourth-order valence-corrected chi connectivity index (χ4v) is 3.14. The Morgan fingerprint density at radius 2 is 1.33 bits per heavy atom. The maximum absolute atomic E-state index is 10.0. The van der Waals surface area contributed by atoms with Gasteiger partial charge in [0.15, 0.2) is 5.78 Å². The molecule has 4 rings (SSSR count). The van der Waals surface area contributed by atoms with Crippen molar-refractivity contribution >= 4 is 28.5 Å². The fourth-order valence-electron chi connectivity index (χ4n) is 3.14. The van der Waals surface area contributed by atoms with E-state index in [4.69, 9.17) is 5.11 Å². The maximum atomic E-state index is 10.0. The van der Waals surface area contributed by atoms with Gasteiger partial charge in [-0.3, -0.25) is 4.79 Å². The van der Waals surface area contributed by atoms with Gasteiger partial charge in [0.05, 0.1) is 5.76 Å². The van der Waals surface area contributed by atoms with Crippen LogP contribution in [0.4, 0.5) is 22.7 Å². The van der Waals surface area contributed by atoms with Crippen LogP contribution in [0.25, 0.3) is 0 Å². The third kappa shape index (κ3) is 5.55. The Kier molecular flexibility index (Phi) is 8.32. The Labute approximate surface area is 192 Å². The number of carbonyl (C=O) groups excluding carboxylic acids is 1. The number of carbonyl (C=O) groups is 1. The molecule has 1 aliphatic rings. The van der Waals surface area contributed by atoms with Gasteiger partial charge in [-0.05, 0) is 38.1 Å². The van der Waals surface area contributed by atoms with E-state index in [1.54, 1.807) is 0 Å². The number of rotatable bonds is 3. The number of para-hydroxylation sites is 4. The van der Waals surface area contributed by atoms with Crippen molar-refractivity contribution in [2.45, 2.75) is 13.8 Å². The van der Waals surface area contributed by atoms with E-state index in [-0.39, 0.29) is 32.6 Å². The van der Waals surface area contributed by atoms with Crippen LogP contribution in [0.2, 0.25) is 0 Å². The molecule has 156 valence electrons. The Bertz CT molecular complexity index is 1010. The maximum Gasteiger partial charge on any atom is 2.00 e. The molecule has 3 aromatic rings. The van der Waals surface area contributed by atoms with Crippen LogP contribution in [0, 0.1) is 13.6 Å². The van der Waals surface area contributed by atoms with Crippen molar-refractivity contribution in [1.82, 2.24) is 0 Å². The van der Waals surface area contributed by atoms with E-state index in [9.17, 15) is 4.79 Å². The molecule has 3 aromatic carbocycles. The Balaban J connectivity index is 0.000000350. The zero-order chi connectivity index (χ0) is 20.8. The largest absolute Gasteiger partial charge is 2.00 e. The van der Waals surface area contributed by atoms with Crippen LogP contribution in [0.5, 0.6) is 0 Å². The minimum atomic E-state index is -0.125. The molecule has 0 aliphatic carbocycles. The average Bonchev–Trinajstić information content (AvgIpc) is 3.08. The number of aliphatic hydroxyl groups is 1. The van der Waals surface area contributed by atoms with Crippen molar-refractivity contribution < 1.29 is 31.0 Å². The summed E-state index contributed by atoms with van der Waals surface area (Å²) in [4.78, 5) is 14.4. The second-order valence-corrected chi connectivity index (χ2v) is 6.70. The molecule has 1 heterocycles. The van der Waals surface area contributed by atoms with Crippen LogP contribution >= 0.6 is 0 Å². The predicted molar refractivity (Wildman–Crippen MR) is 119 cm³/mol. The van der Waals surface area contributed by atoms with E-state index in [0.29, 0.717) is 0 Å². The molecule has 0 atom stereocenters. The van der Waals surface area contributed by atoms with E-state index in [1.807, 2.05) is 24.3 Å². The molecule has 0 saturated carbocycles. The van der Waals surface area contributed by atoms with Crippen molar-refractivity contribution in [3.05, 3.63) is 110 Å². The quantitative estimate of drug-likeness (QED) is 0.224. The van der Waals surface area contributed by atoms with Crippen molar-refractivity contribution in [3.63, 3.8) is 0 Å². The van der Waals surface area contributed by atoms with Gasteiger partial charge in [-0.2, -0.15) is 25.2 Å². The molecule has 4 nitrogen and oxygen atoms in total. The number of ketones is 1. The minimum absolute atomic E-state index is 0. The molecule has 0 saturated heterocycles. The molecule has 0 aromatic heterocycles. The topological polar surface area (TPSA) is 43.8 Å². The predicted octanol–water partition coefficient (Wildman–Crippen LogP) is 6.31. The van der Waals surface area contributed by atoms with Crippen LogP contribution in [0.1, 0.15) is 19.4 Å². The standard InChI is InChI=1S/C20H16N2.C5H8O2.Pt/c1-16-9-5-6-12-18(16)22-15-21(17-10-3-2-4-11-17)19-13-7-8-14-20(19)22;1-4(6)3-5(2)7;/h2-15H,1H2;3,6H,1-2H3;/q-2;;+2/b;4-3-;. The van der Waals surface area contributed by atoms with Crippen molar-refractivity contribution in [2.75, 3.05) is 9.80 Å². The normalized spacial score (nSPS) is 12.4. The first-order valence-electron chi connectivity index (χ1n) is 9.33. The second-order valence-electron chi connectivity index (χ2n) is 6.70. The minimum Gasteiger partial charge on any atom is -0.526 e. The van der Waals surface area contributed by atoms with Crippen LogP contribution in [0.15, 0.2) is 90.7 Å². The molecule has 0 fully saturated rings. The first-order valence-corrected chi connectivity index (χ1v) is 9.33. The van der Waals surface area contributed by atoms with Crippen LogP contribution < -0.4 is 9.80 Å². The van der Waals surface area contributed by atoms with Gasteiger partial charge in [0.1, 0.15) is 0 Å². The van der Waals surface area contributed by atoms with Crippen LogP contribution in [-0.4, -0.2) is 10.9 Å². The number of hydrogen-bond acceptors (Lipinski definition) is 4. The first-order chi connectivity index (χ1) is 14.0. The fraction of sp³-hybridized carbons (Fsp3) is 0.0800. The SMILES string of the molecule is CC(=O)/C=C(/C)O.[CH2-]c1ccccc1N1[CH-]N(c2ccccc2)c2ccccc21.[Pt+2]. The van der Waals surface area contributed by atoms with E-state index in [0.717, 1.165) is 16.9 Å². The van der Waals surface area contributed by atoms with Gasteiger partial charge in [-0.15, -0.1) is 6.07 Å². The smallest absolute Gasteiger partial charge is 0.526 e. The first kappa shape index (κ1) is 23.3. The third-order valence-corrected chi connectivity index (χ3v) is 4.33. The zero-order valence-corrected chi connectivity index (χ0v) is 19.2. The summed E-state index contributed by atoms with van der Waals surface area (Å²) in [5, 5.41) is 8.36. The summed E-state index contributed by atoms with van der Waals surface area (Å²) in [5.74, 6) is -0.0625. The molecule has 0 spiro atoms. The summed E-state index contributed by atoms with van der Waals surface area (Å²) in [6.45, 7) is 9.13. The van der Waals surface area contributed by atoms with E-state index < -0.39 is 0 Å². The number of fused-ring (bicyclic) bond motifs is 1. The van der Waals surface area contributed by atoms with Gasteiger partial charge >= 0.3 is 21.1 Å². The Hall–Kier alpha value is -2.97. The number of aliphatic hydroxyl groups excluding tert-OH is 1. The molecular weight excluding hydrogens is 555 g/mol. The molecule has 30 heavy (non-hydrogen) atoms. The molecular formula is C25H24N2O2Pt.